The third-order valence-electron chi connectivity index (χ3n) is 5.42. The molecule has 0 aromatic heterocycles. The lowest BCUT2D eigenvalue weighted by Gasteiger charge is -2.33. The zero-order chi connectivity index (χ0) is 20.9. The zero-order valence-corrected chi connectivity index (χ0v) is 17.6. The largest absolute Gasteiger partial charge is 0.507 e. The Kier molecular flexibility index (Phi) is 4.85. The predicted molar refractivity (Wildman–Crippen MR) is 107 cm³/mol. The molecule has 2 aliphatic rings. The van der Waals surface area contributed by atoms with E-state index >= 15 is 0 Å². The maximum absolute atomic E-state index is 12.6. The number of esters is 2. The molecule has 152 valence electrons. The van der Waals surface area contributed by atoms with Crippen LogP contribution >= 0.6 is 0 Å². The van der Waals surface area contributed by atoms with E-state index in [9.17, 15) is 14.7 Å². The van der Waals surface area contributed by atoms with Gasteiger partial charge in [0, 0.05) is 24.0 Å². The summed E-state index contributed by atoms with van der Waals surface area (Å²) < 4.78 is 11.0. The van der Waals surface area contributed by atoms with Crippen LogP contribution in [0, 0.1) is 0 Å². The Bertz CT molecular complexity index is 786. The van der Waals surface area contributed by atoms with Gasteiger partial charge >= 0.3 is 11.9 Å². The van der Waals surface area contributed by atoms with E-state index in [-0.39, 0.29) is 22.2 Å². The van der Waals surface area contributed by atoms with E-state index in [0.29, 0.717) is 18.4 Å². The summed E-state index contributed by atoms with van der Waals surface area (Å²) in [5, 5.41) is 10.8. The van der Waals surface area contributed by atoms with Crippen LogP contribution in [0.3, 0.4) is 0 Å². The second-order valence-corrected chi connectivity index (χ2v) is 9.92. The van der Waals surface area contributed by atoms with Crippen LogP contribution in [-0.4, -0.2) is 22.8 Å². The Labute approximate surface area is 166 Å². The average molecular weight is 386 g/mol. The molecule has 1 aliphatic carbocycles. The minimum Gasteiger partial charge on any atom is -0.507 e. The van der Waals surface area contributed by atoms with Crippen LogP contribution in [0.1, 0.15) is 83.9 Å². The molecular weight excluding hydrogens is 356 g/mol. The van der Waals surface area contributed by atoms with Crippen molar-refractivity contribution < 1.29 is 24.2 Å². The summed E-state index contributed by atoms with van der Waals surface area (Å²) in [5.74, 6) is -2.10. The Hall–Kier alpha value is -2.30. The number of phenols is 1. The lowest BCUT2D eigenvalue weighted by atomic mass is 9.78. The monoisotopic (exact) mass is 386 g/mol. The highest BCUT2D eigenvalue weighted by Crippen LogP contribution is 2.41. The Morgan fingerprint density at radius 1 is 0.893 bits per heavy atom. The van der Waals surface area contributed by atoms with Gasteiger partial charge < -0.3 is 14.6 Å². The van der Waals surface area contributed by atoms with Gasteiger partial charge in [0.15, 0.2) is 0 Å². The number of hydrogen-bond acceptors (Lipinski definition) is 5. The van der Waals surface area contributed by atoms with Gasteiger partial charge in [0.2, 0.25) is 0 Å². The third kappa shape index (κ3) is 3.80. The van der Waals surface area contributed by atoms with Crippen molar-refractivity contribution in [3.8, 4) is 5.75 Å². The second-order valence-electron chi connectivity index (χ2n) is 9.92. The van der Waals surface area contributed by atoms with Gasteiger partial charge in [-0.2, -0.15) is 0 Å². The SMILES string of the molecule is CC(C)(C)c1cc(C=C2C(=O)OC3(CCCC3)OC2=O)cc(C(C)(C)C)c1O. The number of rotatable bonds is 1. The van der Waals surface area contributed by atoms with E-state index < -0.39 is 17.7 Å². The molecule has 1 aromatic carbocycles. The van der Waals surface area contributed by atoms with Crippen molar-refractivity contribution in [2.24, 2.45) is 0 Å². The van der Waals surface area contributed by atoms with Crippen LogP contribution in [0.4, 0.5) is 0 Å². The van der Waals surface area contributed by atoms with E-state index in [0.717, 1.165) is 24.0 Å². The molecule has 0 atom stereocenters. The lowest BCUT2D eigenvalue weighted by Crippen LogP contribution is -2.44. The van der Waals surface area contributed by atoms with E-state index in [1.165, 1.54) is 6.08 Å². The molecule has 1 aliphatic heterocycles. The summed E-state index contributed by atoms with van der Waals surface area (Å²) in [7, 11) is 0. The average Bonchev–Trinajstić information content (AvgIpc) is 2.97. The maximum Gasteiger partial charge on any atom is 0.348 e. The smallest absolute Gasteiger partial charge is 0.348 e. The molecule has 1 N–H and O–H groups in total. The minimum atomic E-state index is -1.08. The Morgan fingerprint density at radius 2 is 1.32 bits per heavy atom. The number of ether oxygens (including phenoxy) is 2. The molecule has 28 heavy (non-hydrogen) atoms. The number of phenolic OH excluding ortho intramolecular Hbond substituents is 1. The molecule has 1 heterocycles. The van der Waals surface area contributed by atoms with Gasteiger partial charge in [-0.25, -0.2) is 9.59 Å². The summed E-state index contributed by atoms with van der Waals surface area (Å²) in [6.45, 7) is 12.1. The second kappa shape index (κ2) is 6.64. The first-order valence-corrected chi connectivity index (χ1v) is 9.89. The van der Waals surface area contributed by atoms with Crippen molar-refractivity contribution in [1.82, 2.24) is 0 Å². The number of carbonyl (C=O) groups is 2. The van der Waals surface area contributed by atoms with Crippen LogP contribution in [0.15, 0.2) is 17.7 Å². The van der Waals surface area contributed by atoms with Crippen molar-refractivity contribution >= 4 is 18.0 Å². The molecule has 0 amide bonds. The van der Waals surface area contributed by atoms with Crippen molar-refractivity contribution in [1.29, 1.82) is 0 Å². The number of carbonyl (C=O) groups excluding carboxylic acids is 2. The van der Waals surface area contributed by atoms with Gasteiger partial charge in [-0.05, 0) is 47.4 Å². The summed E-state index contributed by atoms with van der Waals surface area (Å²) >= 11 is 0. The molecule has 1 spiro atoms. The van der Waals surface area contributed by atoms with Gasteiger partial charge in [0.1, 0.15) is 11.3 Å². The van der Waals surface area contributed by atoms with Crippen LogP contribution < -0.4 is 0 Å². The highest BCUT2D eigenvalue weighted by atomic mass is 16.7. The molecule has 3 rings (SSSR count). The van der Waals surface area contributed by atoms with Crippen LogP contribution in [0.25, 0.3) is 6.08 Å². The van der Waals surface area contributed by atoms with E-state index in [1.807, 2.05) is 53.7 Å². The summed E-state index contributed by atoms with van der Waals surface area (Å²) in [5.41, 5.74) is 1.47. The van der Waals surface area contributed by atoms with Crippen LogP contribution in [-0.2, 0) is 29.9 Å². The van der Waals surface area contributed by atoms with Gasteiger partial charge in [-0.3, -0.25) is 0 Å². The molecule has 0 bridgehead atoms. The summed E-state index contributed by atoms with van der Waals surface area (Å²) in [4.78, 5) is 25.1. The first-order valence-electron chi connectivity index (χ1n) is 9.89. The highest BCUT2D eigenvalue weighted by molar-refractivity contribution is 6.19. The van der Waals surface area contributed by atoms with Crippen molar-refractivity contribution in [2.45, 2.75) is 83.8 Å². The van der Waals surface area contributed by atoms with Crippen LogP contribution in [0.5, 0.6) is 5.75 Å². The minimum absolute atomic E-state index is 0.108. The quantitative estimate of drug-likeness (QED) is 0.429. The van der Waals surface area contributed by atoms with Crippen molar-refractivity contribution in [2.75, 3.05) is 0 Å². The standard InChI is InChI=1S/C23H30O5/c1-21(2,3)16-12-14(13-17(18(16)24)22(4,5)6)11-15-19(25)27-23(28-20(15)26)9-7-8-10-23/h11-13,24H,7-10H2,1-6H3. The van der Waals surface area contributed by atoms with E-state index in [4.69, 9.17) is 9.47 Å². The third-order valence-corrected chi connectivity index (χ3v) is 5.42. The normalized spacial score (nSPS) is 19.6. The molecule has 1 saturated carbocycles. The first kappa shape index (κ1) is 20.4. The molecule has 1 saturated heterocycles. The Balaban J connectivity index is 2.06. The van der Waals surface area contributed by atoms with E-state index in [1.54, 1.807) is 0 Å². The molecule has 5 heteroatoms. The molecule has 1 aromatic rings. The molecule has 0 radical (unpaired) electrons. The first-order chi connectivity index (χ1) is 12.8. The van der Waals surface area contributed by atoms with Gasteiger partial charge in [0.25, 0.3) is 5.79 Å². The molecule has 5 nitrogen and oxygen atoms in total. The van der Waals surface area contributed by atoms with E-state index in [2.05, 4.69) is 0 Å². The molecular formula is C23H30O5. The zero-order valence-electron chi connectivity index (χ0n) is 17.6. The van der Waals surface area contributed by atoms with Crippen molar-refractivity contribution in [3.05, 3.63) is 34.4 Å². The molecule has 2 fully saturated rings. The fourth-order valence-electron chi connectivity index (χ4n) is 3.84. The topological polar surface area (TPSA) is 72.8 Å². The fourth-order valence-corrected chi connectivity index (χ4v) is 3.84. The van der Waals surface area contributed by atoms with Crippen LogP contribution in [0.2, 0.25) is 0 Å². The fraction of sp³-hybridized carbons (Fsp3) is 0.565. The number of hydrogen-bond donors (Lipinski definition) is 1. The van der Waals surface area contributed by atoms with Gasteiger partial charge in [-0.15, -0.1) is 0 Å². The number of aromatic hydroxyl groups is 1. The summed E-state index contributed by atoms with van der Waals surface area (Å²) in [6, 6.07) is 3.64. The highest BCUT2D eigenvalue weighted by Gasteiger charge is 2.48. The predicted octanol–water partition coefficient (Wildman–Crippen LogP) is 4.74. The van der Waals surface area contributed by atoms with Crippen molar-refractivity contribution in [3.63, 3.8) is 0 Å². The summed E-state index contributed by atoms with van der Waals surface area (Å²) in [6.07, 6.45) is 4.37. The lowest BCUT2D eigenvalue weighted by molar-refractivity contribution is -0.232. The van der Waals surface area contributed by atoms with Gasteiger partial charge in [0.05, 0.1) is 0 Å². The number of benzene rings is 1. The molecule has 0 unspecified atom stereocenters. The van der Waals surface area contributed by atoms with Gasteiger partial charge in [-0.1, -0.05) is 41.5 Å². The Morgan fingerprint density at radius 3 is 1.71 bits per heavy atom. The maximum atomic E-state index is 12.6.